The van der Waals surface area contributed by atoms with Gasteiger partial charge in [0.2, 0.25) is 5.91 Å². The average Bonchev–Trinajstić information content (AvgIpc) is 2.48. The Bertz CT molecular complexity index is 720. The van der Waals surface area contributed by atoms with Crippen LogP contribution >= 0.6 is 23.2 Å². The standard InChI is InChI=1S/C15H12Cl2N2O3/c16-10-6-5-9(12(17)8-10)7-14(21)18-19-15(22)11-3-1-2-4-13(11)20/h1-6,8,20H,7H2,(H,18,21)(H,19,22). The van der Waals surface area contributed by atoms with E-state index in [1.54, 1.807) is 24.3 Å². The third-order valence-electron chi connectivity index (χ3n) is 2.83. The summed E-state index contributed by atoms with van der Waals surface area (Å²) in [4.78, 5) is 23.6. The molecule has 0 bridgehead atoms. The van der Waals surface area contributed by atoms with Crippen molar-refractivity contribution in [3.05, 3.63) is 63.6 Å². The maximum Gasteiger partial charge on any atom is 0.273 e. The van der Waals surface area contributed by atoms with Crippen molar-refractivity contribution in [3.8, 4) is 5.75 Å². The lowest BCUT2D eigenvalue weighted by Crippen LogP contribution is -2.42. The molecule has 0 unspecified atom stereocenters. The summed E-state index contributed by atoms with van der Waals surface area (Å²) < 4.78 is 0. The van der Waals surface area contributed by atoms with Gasteiger partial charge in [-0.15, -0.1) is 0 Å². The van der Waals surface area contributed by atoms with Gasteiger partial charge in [0.25, 0.3) is 5.91 Å². The number of para-hydroxylation sites is 1. The number of nitrogens with one attached hydrogen (secondary N) is 2. The van der Waals surface area contributed by atoms with Crippen molar-refractivity contribution >= 4 is 35.0 Å². The van der Waals surface area contributed by atoms with Gasteiger partial charge >= 0.3 is 0 Å². The van der Waals surface area contributed by atoms with Gasteiger partial charge in [0.15, 0.2) is 0 Å². The molecule has 5 nitrogen and oxygen atoms in total. The Balaban J connectivity index is 1.93. The average molecular weight is 339 g/mol. The number of phenolic OH excluding ortho intramolecular Hbond substituents is 1. The second kappa shape index (κ2) is 7.15. The molecule has 2 aromatic carbocycles. The fraction of sp³-hybridized carbons (Fsp3) is 0.0667. The Morgan fingerprint density at radius 1 is 1.05 bits per heavy atom. The molecule has 0 spiro atoms. The highest BCUT2D eigenvalue weighted by molar-refractivity contribution is 6.35. The van der Waals surface area contributed by atoms with Crippen LogP contribution in [-0.2, 0) is 11.2 Å². The largest absolute Gasteiger partial charge is 0.507 e. The molecule has 0 saturated carbocycles. The molecule has 0 atom stereocenters. The molecule has 0 aromatic heterocycles. The molecule has 2 aromatic rings. The third kappa shape index (κ3) is 4.13. The molecular weight excluding hydrogens is 327 g/mol. The number of phenols is 1. The molecule has 2 amide bonds. The molecule has 0 fully saturated rings. The Hall–Kier alpha value is -2.24. The van der Waals surface area contributed by atoms with Gasteiger partial charge in [-0.25, -0.2) is 0 Å². The second-order valence-electron chi connectivity index (χ2n) is 4.43. The van der Waals surface area contributed by atoms with Gasteiger partial charge < -0.3 is 5.11 Å². The molecule has 0 heterocycles. The van der Waals surface area contributed by atoms with E-state index in [9.17, 15) is 14.7 Å². The molecule has 0 aliphatic rings. The first-order chi connectivity index (χ1) is 10.5. The molecule has 0 saturated heterocycles. The van der Waals surface area contributed by atoms with E-state index in [-0.39, 0.29) is 17.7 Å². The van der Waals surface area contributed by atoms with E-state index < -0.39 is 11.8 Å². The minimum Gasteiger partial charge on any atom is -0.507 e. The summed E-state index contributed by atoms with van der Waals surface area (Å²) in [5, 5.41) is 10.4. The molecule has 0 aliphatic heterocycles. The van der Waals surface area contributed by atoms with Crippen LogP contribution in [-0.4, -0.2) is 16.9 Å². The van der Waals surface area contributed by atoms with Gasteiger partial charge in [-0.1, -0.05) is 41.4 Å². The molecular formula is C15H12Cl2N2O3. The number of carbonyl (C=O) groups excluding carboxylic acids is 2. The summed E-state index contributed by atoms with van der Waals surface area (Å²) >= 11 is 11.7. The Morgan fingerprint density at radius 2 is 1.77 bits per heavy atom. The van der Waals surface area contributed by atoms with Gasteiger partial charge in [0, 0.05) is 10.0 Å². The van der Waals surface area contributed by atoms with Gasteiger partial charge in [-0.05, 0) is 29.8 Å². The first-order valence-corrected chi connectivity index (χ1v) is 7.04. The second-order valence-corrected chi connectivity index (χ2v) is 5.28. The molecule has 7 heteroatoms. The van der Waals surface area contributed by atoms with Crippen molar-refractivity contribution < 1.29 is 14.7 Å². The highest BCUT2D eigenvalue weighted by atomic mass is 35.5. The number of carbonyl (C=O) groups is 2. The Kier molecular flexibility index (Phi) is 5.25. The molecule has 3 N–H and O–H groups in total. The smallest absolute Gasteiger partial charge is 0.273 e. The van der Waals surface area contributed by atoms with E-state index in [1.807, 2.05) is 0 Å². The van der Waals surface area contributed by atoms with Crippen LogP contribution in [0.15, 0.2) is 42.5 Å². The number of hydrogen-bond donors (Lipinski definition) is 3. The predicted molar refractivity (Wildman–Crippen MR) is 83.9 cm³/mol. The molecule has 114 valence electrons. The summed E-state index contributed by atoms with van der Waals surface area (Å²) in [6.07, 6.45) is -0.0168. The number of aromatic hydroxyl groups is 1. The highest BCUT2D eigenvalue weighted by Crippen LogP contribution is 2.21. The normalized spacial score (nSPS) is 10.1. The molecule has 2 rings (SSSR count). The van der Waals surface area contributed by atoms with Crippen molar-refractivity contribution in [1.29, 1.82) is 0 Å². The summed E-state index contributed by atoms with van der Waals surface area (Å²) in [6.45, 7) is 0. The van der Waals surface area contributed by atoms with Gasteiger partial charge in [-0.3, -0.25) is 20.4 Å². The summed E-state index contributed by atoms with van der Waals surface area (Å²) in [6, 6.07) is 10.8. The van der Waals surface area contributed by atoms with Crippen molar-refractivity contribution in [2.75, 3.05) is 0 Å². The minimum absolute atomic E-state index is 0.0168. The van der Waals surface area contributed by atoms with Crippen LogP contribution in [0.2, 0.25) is 10.0 Å². The van der Waals surface area contributed by atoms with Crippen LogP contribution in [0.3, 0.4) is 0 Å². The number of benzene rings is 2. The molecule has 0 aliphatic carbocycles. The van der Waals surface area contributed by atoms with Crippen molar-refractivity contribution in [2.24, 2.45) is 0 Å². The lowest BCUT2D eigenvalue weighted by atomic mass is 10.1. The van der Waals surface area contributed by atoms with Crippen LogP contribution in [0.25, 0.3) is 0 Å². The maximum absolute atomic E-state index is 11.8. The van der Waals surface area contributed by atoms with E-state index in [1.165, 1.54) is 18.2 Å². The topological polar surface area (TPSA) is 78.4 Å². The highest BCUT2D eigenvalue weighted by Gasteiger charge is 2.12. The monoisotopic (exact) mass is 338 g/mol. The predicted octanol–water partition coefficient (Wildman–Crippen LogP) is 2.70. The van der Waals surface area contributed by atoms with Crippen molar-refractivity contribution in [3.63, 3.8) is 0 Å². The quantitative estimate of drug-likeness (QED) is 0.753. The summed E-state index contributed by atoms with van der Waals surface area (Å²) in [5.74, 6) is -1.24. The third-order valence-corrected chi connectivity index (χ3v) is 3.42. The van der Waals surface area contributed by atoms with Crippen LogP contribution in [0.1, 0.15) is 15.9 Å². The van der Waals surface area contributed by atoms with E-state index >= 15 is 0 Å². The summed E-state index contributed by atoms with van der Waals surface area (Å²) in [7, 11) is 0. The lowest BCUT2D eigenvalue weighted by Gasteiger charge is -2.09. The minimum atomic E-state index is -0.617. The van der Waals surface area contributed by atoms with Crippen molar-refractivity contribution in [2.45, 2.75) is 6.42 Å². The van der Waals surface area contributed by atoms with Gasteiger partial charge in [-0.2, -0.15) is 0 Å². The molecule has 0 radical (unpaired) electrons. The van der Waals surface area contributed by atoms with Crippen LogP contribution in [0.4, 0.5) is 0 Å². The molecule has 22 heavy (non-hydrogen) atoms. The van der Waals surface area contributed by atoms with Crippen LogP contribution < -0.4 is 10.9 Å². The van der Waals surface area contributed by atoms with Gasteiger partial charge in [0.1, 0.15) is 5.75 Å². The number of hydrogen-bond acceptors (Lipinski definition) is 3. The lowest BCUT2D eigenvalue weighted by molar-refractivity contribution is -0.121. The number of hydrazine groups is 1. The maximum atomic E-state index is 11.8. The van der Waals surface area contributed by atoms with Crippen LogP contribution in [0, 0.1) is 0 Å². The van der Waals surface area contributed by atoms with E-state index in [0.29, 0.717) is 15.6 Å². The SMILES string of the molecule is O=C(Cc1ccc(Cl)cc1Cl)NNC(=O)c1ccccc1O. The fourth-order valence-electron chi connectivity index (χ4n) is 1.74. The zero-order valence-corrected chi connectivity index (χ0v) is 12.8. The zero-order chi connectivity index (χ0) is 16.1. The summed E-state index contributed by atoms with van der Waals surface area (Å²) in [5.41, 5.74) is 5.13. The first kappa shape index (κ1) is 16.1. The number of halogens is 2. The van der Waals surface area contributed by atoms with Crippen molar-refractivity contribution in [1.82, 2.24) is 10.9 Å². The van der Waals surface area contributed by atoms with E-state index in [4.69, 9.17) is 23.2 Å². The fourth-order valence-corrected chi connectivity index (χ4v) is 2.22. The Labute approximate surface area is 136 Å². The number of rotatable bonds is 3. The van der Waals surface area contributed by atoms with Gasteiger partial charge in [0.05, 0.1) is 12.0 Å². The zero-order valence-electron chi connectivity index (χ0n) is 11.3. The van der Waals surface area contributed by atoms with E-state index in [2.05, 4.69) is 10.9 Å². The van der Waals surface area contributed by atoms with Crippen LogP contribution in [0.5, 0.6) is 5.75 Å². The number of amides is 2. The van der Waals surface area contributed by atoms with E-state index in [0.717, 1.165) is 0 Å². The Morgan fingerprint density at radius 3 is 2.45 bits per heavy atom. The first-order valence-electron chi connectivity index (χ1n) is 6.28.